The average molecular weight is 421 g/mol. The van der Waals surface area contributed by atoms with Gasteiger partial charge in [0.25, 0.3) is 0 Å². The molecule has 0 fully saturated rings. The van der Waals surface area contributed by atoms with E-state index in [0.29, 0.717) is 25.7 Å². The van der Waals surface area contributed by atoms with Crippen LogP contribution in [-0.2, 0) is 19.7 Å². The number of aromatic nitrogens is 1. The number of pyridine rings is 1. The summed E-state index contributed by atoms with van der Waals surface area (Å²) in [6.45, 7) is 1.62. The number of hydrogen-bond acceptors (Lipinski definition) is 5. The lowest BCUT2D eigenvalue weighted by molar-refractivity contribution is 0.301. The summed E-state index contributed by atoms with van der Waals surface area (Å²) in [4.78, 5) is 8.57. The van der Waals surface area contributed by atoms with Crippen molar-refractivity contribution in [2.45, 2.75) is 19.7 Å². The number of guanidine groups is 1. The standard InChI is InChI=1S/C24H28N4O3/c1-25-24(28-16-19-10-11-21(29-2)14-23(19)30-3)27-15-18-7-6-9-22(13-18)31-17-20-8-4-5-12-26-20/h4-14H,15-17H2,1-3H3,(H2,25,27,28). The fourth-order valence-corrected chi connectivity index (χ4v) is 2.97. The minimum atomic E-state index is 0.435. The van der Waals surface area contributed by atoms with Crippen LogP contribution in [-0.4, -0.2) is 32.2 Å². The topological polar surface area (TPSA) is 77.0 Å². The molecule has 0 unspecified atom stereocenters. The average Bonchev–Trinajstić information content (AvgIpc) is 2.83. The monoisotopic (exact) mass is 420 g/mol. The molecule has 0 radical (unpaired) electrons. The molecule has 0 aliphatic carbocycles. The molecule has 1 heterocycles. The maximum Gasteiger partial charge on any atom is 0.191 e. The second-order valence-corrected chi connectivity index (χ2v) is 6.71. The minimum absolute atomic E-state index is 0.435. The van der Waals surface area contributed by atoms with Crippen LogP contribution >= 0.6 is 0 Å². The third-order valence-corrected chi connectivity index (χ3v) is 4.64. The molecule has 7 heteroatoms. The third kappa shape index (κ3) is 6.64. The van der Waals surface area contributed by atoms with Crippen molar-refractivity contribution in [2.24, 2.45) is 4.99 Å². The van der Waals surface area contributed by atoms with Gasteiger partial charge in [0.1, 0.15) is 23.9 Å². The van der Waals surface area contributed by atoms with Crippen LogP contribution in [0.15, 0.2) is 71.9 Å². The van der Waals surface area contributed by atoms with Crippen LogP contribution < -0.4 is 24.8 Å². The lowest BCUT2D eigenvalue weighted by atomic mass is 10.2. The Balaban J connectivity index is 1.52. The maximum absolute atomic E-state index is 5.86. The van der Waals surface area contributed by atoms with E-state index in [2.05, 4.69) is 20.6 Å². The van der Waals surface area contributed by atoms with Gasteiger partial charge in [0.05, 0.1) is 19.9 Å². The van der Waals surface area contributed by atoms with E-state index in [1.807, 2.05) is 60.7 Å². The van der Waals surface area contributed by atoms with Crippen LogP contribution in [0.1, 0.15) is 16.8 Å². The Kier molecular flexibility index (Phi) is 8.11. The van der Waals surface area contributed by atoms with Crippen molar-refractivity contribution in [2.75, 3.05) is 21.3 Å². The van der Waals surface area contributed by atoms with E-state index in [4.69, 9.17) is 14.2 Å². The third-order valence-electron chi connectivity index (χ3n) is 4.64. The van der Waals surface area contributed by atoms with Crippen LogP contribution in [0.5, 0.6) is 17.2 Å². The molecule has 3 rings (SSSR count). The number of nitrogens with zero attached hydrogens (tertiary/aromatic N) is 2. The normalized spacial score (nSPS) is 11.0. The Bertz CT molecular complexity index is 993. The Morgan fingerprint density at radius 2 is 1.77 bits per heavy atom. The predicted molar refractivity (Wildman–Crippen MR) is 122 cm³/mol. The first-order valence-electron chi connectivity index (χ1n) is 9.99. The largest absolute Gasteiger partial charge is 0.497 e. The van der Waals surface area contributed by atoms with Crippen molar-refractivity contribution in [3.8, 4) is 17.2 Å². The highest BCUT2D eigenvalue weighted by Crippen LogP contribution is 2.24. The van der Waals surface area contributed by atoms with Gasteiger partial charge in [0, 0.05) is 38.0 Å². The lowest BCUT2D eigenvalue weighted by Gasteiger charge is -2.15. The first-order valence-corrected chi connectivity index (χ1v) is 9.99. The summed E-state index contributed by atoms with van der Waals surface area (Å²) in [5, 5.41) is 6.63. The van der Waals surface area contributed by atoms with Crippen LogP contribution in [0.4, 0.5) is 0 Å². The van der Waals surface area contributed by atoms with Gasteiger partial charge in [-0.25, -0.2) is 0 Å². The molecule has 31 heavy (non-hydrogen) atoms. The molecular weight excluding hydrogens is 392 g/mol. The van der Waals surface area contributed by atoms with E-state index in [0.717, 1.165) is 34.1 Å². The van der Waals surface area contributed by atoms with Crippen molar-refractivity contribution in [1.82, 2.24) is 15.6 Å². The fraction of sp³-hybridized carbons (Fsp3) is 0.250. The zero-order chi connectivity index (χ0) is 21.9. The summed E-state index contributed by atoms with van der Waals surface area (Å²) in [5.74, 6) is 3.02. The van der Waals surface area contributed by atoms with Gasteiger partial charge in [-0.1, -0.05) is 18.2 Å². The van der Waals surface area contributed by atoms with Crippen LogP contribution in [0.2, 0.25) is 0 Å². The molecule has 2 N–H and O–H groups in total. The number of nitrogens with one attached hydrogen (secondary N) is 2. The maximum atomic E-state index is 5.86. The highest BCUT2D eigenvalue weighted by atomic mass is 16.5. The second kappa shape index (κ2) is 11.4. The van der Waals surface area contributed by atoms with Crippen molar-refractivity contribution in [1.29, 1.82) is 0 Å². The predicted octanol–water partition coefficient (Wildman–Crippen LogP) is 3.54. The number of methoxy groups -OCH3 is 2. The smallest absolute Gasteiger partial charge is 0.191 e. The van der Waals surface area contributed by atoms with Crippen LogP contribution in [0.25, 0.3) is 0 Å². The molecule has 1 aromatic heterocycles. The zero-order valence-electron chi connectivity index (χ0n) is 18.1. The molecule has 2 aromatic carbocycles. The van der Waals surface area contributed by atoms with Gasteiger partial charge >= 0.3 is 0 Å². The molecule has 0 aliphatic rings. The van der Waals surface area contributed by atoms with Gasteiger partial charge in [0.2, 0.25) is 0 Å². The second-order valence-electron chi connectivity index (χ2n) is 6.71. The molecule has 0 amide bonds. The Morgan fingerprint density at radius 3 is 2.52 bits per heavy atom. The van der Waals surface area contributed by atoms with Crippen molar-refractivity contribution in [3.63, 3.8) is 0 Å². The van der Waals surface area contributed by atoms with Crippen molar-refractivity contribution >= 4 is 5.96 Å². The molecule has 3 aromatic rings. The summed E-state index contributed by atoms with van der Waals surface area (Å²) in [6.07, 6.45) is 1.76. The molecule has 162 valence electrons. The summed E-state index contributed by atoms with van der Waals surface area (Å²) >= 11 is 0. The van der Waals surface area contributed by atoms with Gasteiger partial charge in [-0.15, -0.1) is 0 Å². The molecule has 0 spiro atoms. The molecular formula is C24H28N4O3. The Hall–Kier alpha value is -3.74. The Labute approximate surface area is 183 Å². The summed E-state index contributed by atoms with van der Waals surface area (Å²) in [6, 6.07) is 19.5. The van der Waals surface area contributed by atoms with Gasteiger partial charge < -0.3 is 24.8 Å². The first-order chi connectivity index (χ1) is 15.2. The molecule has 0 atom stereocenters. The summed E-state index contributed by atoms with van der Waals surface area (Å²) in [7, 11) is 5.03. The van der Waals surface area contributed by atoms with Gasteiger partial charge in [0.15, 0.2) is 5.96 Å². The van der Waals surface area contributed by atoms with E-state index in [-0.39, 0.29) is 0 Å². The lowest BCUT2D eigenvalue weighted by Crippen LogP contribution is -2.36. The number of benzene rings is 2. The summed E-state index contributed by atoms with van der Waals surface area (Å²) in [5.41, 5.74) is 2.99. The van der Waals surface area contributed by atoms with Crippen molar-refractivity contribution < 1.29 is 14.2 Å². The number of aliphatic imine (C=N–C) groups is 1. The van der Waals surface area contributed by atoms with Gasteiger partial charge in [-0.05, 0) is 42.0 Å². The van der Waals surface area contributed by atoms with Gasteiger partial charge in [-0.2, -0.15) is 0 Å². The highest BCUT2D eigenvalue weighted by Gasteiger charge is 2.07. The van der Waals surface area contributed by atoms with E-state index < -0.39 is 0 Å². The van der Waals surface area contributed by atoms with E-state index in [1.165, 1.54) is 0 Å². The van der Waals surface area contributed by atoms with E-state index in [1.54, 1.807) is 27.5 Å². The first kappa shape index (κ1) is 22.0. The van der Waals surface area contributed by atoms with E-state index >= 15 is 0 Å². The quantitative estimate of drug-likeness (QED) is 0.407. The zero-order valence-corrected chi connectivity index (χ0v) is 18.1. The summed E-state index contributed by atoms with van der Waals surface area (Å²) < 4.78 is 16.6. The SMILES string of the molecule is CN=C(NCc1cccc(OCc2ccccn2)c1)NCc1ccc(OC)cc1OC. The van der Waals surface area contributed by atoms with Gasteiger partial charge in [-0.3, -0.25) is 9.98 Å². The molecule has 0 bridgehead atoms. The molecule has 0 saturated heterocycles. The number of hydrogen-bond donors (Lipinski definition) is 2. The number of ether oxygens (including phenoxy) is 3. The van der Waals surface area contributed by atoms with Crippen LogP contribution in [0, 0.1) is 0 Å². The fourth-order valence-electron chi connectivity index (χ4n) is 2.97. The highest BCUT2D eigenvalue weighted by molar-refractivity contribution is 5.79. The number of rotatable bonds is 9. The van der Waals surface area contributed by atoms with Crippen LogP contribution in [0.3, 0.4) is 0 Å². The molecule has 7 nitrogen and oxygen atoms in total. The molecule has 0 saturated carbocycles. The molecule has 0 aliphatic heterocycles. The van der Waals surface area contributed by atoms with E-state index in [9.17, 15) is 0 Å². The minimum Gasteiger partial charge on any atom is -0.497 e. The van der Waals surface area contributed by atoms with Crippen molar-refractivity contribution in [3.05, 3.63) is 83.7 Å². The Morgan fingerprint density at radius 1 is 0.903 bits per heavy atom.